The third-order valence-corrected chi connectivity index (χ3v) is 5.45. The van der Waals surface area contributed by atoms with Crippen LogP contribution in [-0.2, 0) is 9.53 Å². The molecule has 5 heteroatoms. The number of carbonyl (C=O) groups is 1. The zero-order valence-corrected chi connectivity index (χ0v) is 17.0. The first-order valence-electron chi connectivity index (χ1n) is 9.90. The van der Waals surface area contributed by atoms with Crippen molar-refractivity contribution in [2.45, 2.75) is 71.8 Å². The standard InChI is InChI=1S/C21H35N3O2/c1-14(2)13-24(18-8-6-15(3)7-9-18)21-19(22)11-17(12-23-21)16(4)10-20(25)26-5/h11-12,14-16,18H,6-10,13,22H2,1-5H3/t15?,16-,18?/m1/s1. The van der Waals surface area contributed by atoms with Gasteiger partial charge in [-0.2, -0.15) is 0 Å². The van der Waals surface area contributed by atoms with Crippen LogP contribution in [-0.4, -0.2) is 30.6 Å². The van der Waals surface area contributed by atoms with Gasteiger partial charge in [-0.1, -0.05) is 27.7 Å². The lowest BCUT2D eigenvalue weighted by atomic mass is 9.86. The van der Waals surface area contributed by atoms with E-state index < -0.39 is 0 Å². The van der Waals surface area contributed by atoms with E-state index in [1.165, 1.54) is 32.8 Å². The third kappa shape index (κ3) is 5.36. The SMILES string of the molecule is COC(=O)C[C@@H](C)c1cnc(N(CC(C)C)C2CCC(C)CC2)c(N)c1. The number of pyridine rings is 1. The van der Waals surface area contributed by atoms with Crippen molar-refractivity contribution in [1.82, 2.24) is 4.98 Å². The maximum Gasteiger partial charge on any atom is 0.306 e. The Balaban J connectivity index is 2.21. The van der Waals surface area contributed by atoms with Crippen molar-refractivity contribution in [2.24, 2.45) is 11.8 Å². The molecule has 146 valence electrons. The Kier molecular flexibility index (Phi) is 7.30. The molecule has 0 amide bonds. The summed E-state index contributed by atoms with van der Waals surface area (Å²) in [5.74, 6) is 2.10. The Morgan fingerprint density at radius 1 is 1.31 bits per heavy atom. The highest BCUT2D eigenvalue weighted by atomic mass is 16.5. The van der Waals surface area contributed by atoms with Crippen molar-refractivity contribution in [3.8, 4) is 0 Å². The van der Waals surface area contributed by atoms with Gasteiger partial charge in [-0.3, -0.25) is 4.79 Å². The molecule has 1 atom stereocenters. The normalized spacial score (nSPS) is 21.5. The molecule has 5 nitrogen and oxygen atoms in total. The first-order chi connectivity index (χ1) is 12.3. The molecule has 0 aliphatic heterocycles. The molecule has 2 rings (SSSR count). The van der Waals surface area contributed by atoms with Crippen molar-refractivity contribution >= 4 is 17.5 Å². The third-order valence-electron chi connectivity index (χ3n) is 5.45. The highest BCUT2D eigenvalue weighted by Crippen LogP contribution is 2.33. The first kappa shape index (κ1) is 20.5. The van der Waals surface area contributed by atoms with Gasteiger partial charge in [-0.25, -0.2) is 4.98 Å². The Labute approximate surface area is 158 Å². The summed E-state index contributed by atoms with van der Waals surface area (Å²) < 4.78 is 4.77. The number of ether oxygens (including phenoxy) is 1. The van der Waals surface area contributed by atoms with Gasteiger partial charge in [0, 0.05) is 18.8 Å². The molecule has 0 spiro atoms. The van der Waals surface area contributed by atoms with Crippen molar-refractivity contribution in [3.63, 3.8) is 0 Å². The number of anilines is 2. The van der Waals surface area contributed by atoms with Crippen LogP contribution in [0.3, 0.4) is 0 Å². The molecule has 1 fully saturated rings. The molecule has 0 bridgehead atoms. The number of rotatable bonds is 7. The number of carbonyl (C=O) groups excluding carboxylic acids is 1. The van der Waals surface area contributed by atoms with Crippen LogP contribution in [0.2, 0.25) is 0 Å². The number of nitrogen functional groups attached to an aromatic ring is 1. The predicted octanol–water partition coefficient (Wildman–Crippen LogP) is 4.37. The fraction of sp³-hybridized carbons (Fsp3) is 0.714. The Morgan fingerprint density at radius 3 is 2.50 bits per heavy atom. The van der Waals surface area contributed by atoms with E-state index in [2.05, 4.69) is 25.7 Å². The van der Waals surface area contributed by atoms with Crippen LogP contribution in [0.4, 0.5) is 11.5 Å². The lowest BCUT2D eigenvalue weighted by Gasteiger charge is -2.38. The molecule has 0 aromatic carbocycles. The van der Waals surface area contributed by atoms with Gasteiger partial charge in [-0.05, 0) is 55.1 Å². The van der Waals surface area contributed by atoms with Crippen LogP contribution in [0.25, 0.3) is 0 Å². The Bertz CT molecular complexity index is 595. The fourth-order valence-corrected chi connectivity index (χ4v) is 3.81. The van der Waals surface area contributed by atoms with Gasteiger partial charge < -0.3 is 15.4 Å². The second kappa shape index (κ2) is 9.24. The molecule has 0 radical (unpaired) electrons. The molecule has 2 N–H and O–H groups in total. The number of aromatic nitrogens is 1. The summed E-state index contributed by atoms with van der Waals surface area (Å²) in [7, 11) is 1.42. The van der Waals surface area contributed by atoms with Gasteiger partial charge in [0.05, 0.1) is 19.2 Å². The van der Waals surface area contributed by atoms with Gasteiger partial charge >= 0.3 is 5.97 Å². The van der Waals surface area contributed by atoms with Crippen molar-refractivity contribution in [1.29, 1.82) is 0 Å². The van der Waals surface area contributed by atoms with Gasteiger partial charge in [-0.15, -0.1) is 0 Å². The minimum absolute atomic E-state index is 0.0420. The van der Waals surface area contributed by atoms with Gasteiger partial charge in [0.15, 0.2) is 5.82 Å². The van der Waals surface area contributed by atoms with E-state index >= 15 is 0 Å². The number of esters is 1. The number of nitrogens with zero attached hydrogens (tertiary/aromatic N) is 2. The summed E-state index contributed by atoms with van der Waals surface area (Å²) in [5.41, 5.74) is 8.10. The quantitative estimate of drug-likeness (QED) is 0.730. The van der Waals surface area contributed by atoms with E-state index in [0.717, 1.165) is 23.8 Å². The maximum absolute atomic E-state index is 11.5. The first-order valence-corrected chi connectivity index (χ1v) is 9.90. The number of methoxy groups -OCH3 is 1. The van der Waals surface area contributed by atoms with Gasteiger partial charge in [0.25, 0.3) is 0 Å². The molecule has 1 heterocycles. The Hall–Kier alpha value is -1.78. The average Bonchev–Trinajstić information content (AvgIpc) is 2.60. The molecule has 0 saturated heterocycles. The average molecular weight is 362 g/mol. The summed E-state index contributed by atoms with van der Waals surface area (Å²) >= 11 is 0. The smallest absolute Gasteiger partial charge is 0.306 e. The summed E-state index contributed by atoms with van der Waals surface area (Å²) in [4.78, 5) is 18.7. The number of nitrogens with two attached hydrogens (primary N) is 1. The summed E-state index contributed by atoms with van der Waals surface area (Å²) in [6, 6.07) is 2.50. The van der Waals surface area contributed by atoms with E-state index in [0.29, 0.717) is 24.1 Å². The zero-order valence-electron chi connectivity index (χ0n) is 17.0. The summed E-state index contributed by atoms with van der Waals surface area (Å²) in [6.07, 6.45) is 7.16. The van der Waals surface area contributed by atoms with Crippen molar-refractivity contribution in [3.05, 3.63) is 17.8 Å². The molecular weight excluding hydrogens is 326 g/mol. The van der Waals surface area contributed by atoms with Crippen LogP contribution >= 0.6 is 0 Å². The molecule has 1 saturated carbocycles. The molecule has 1 aliphatic carbocycles. The molecular formula is C21H35N3O2. The molecule has 0 unspecified atom stereocenters. The summed E-state index contributed by atoms with van der Waals surface area (Å²) in [6.45, 7) is 9.78. The van der Waals surface area contributed by atoms with E-state index in [1.807, 2.05) is 19.2 Å². The topological polar surface area (TPSA) is 68.5 Å². The largest absolute Gasteiger partial charge is 0.469 e. The summed E-state index contributed by atoms with van der Waals surface area (Å²) in [5, 5.41) is 0. The minimum atomic E-state index is -0.210. The van der Waals surface area contributed by atoms with Crippen LogP contribution in [0.5, 0.6) is 0 Å². The van der Waals surface area contributed by atoms with Gasteiger partial charge in [0.2, 0.25) is 0 Å². The number of hydrogen-bond acceptors (Lipinski definition) is 5. The lowest BCUT2D eigenvalue weighted by Crippen LogP contribution is -2.41. The molecule has 1 aromatic heterocycles. The monoisotopic (exact) mass is 361 g/mol. The zero-order chi connectivity index (χ0) is 19.3. The second-order valence-corrected chi connectivity index (χ2v) is 8.32. The van der Waals surface area contributed by atoms with Crippen LogP contribution in [0, 0.1) is 11.8 Å². The van der Waals surface area contributed by atoms with E-state index in [4.69, 9.17) is 15.5 Å². The van der Waals surface area contributed by atoms with Crippen LogP contribution in [0.15, 0.2) is 12.3 Å². The fourth-order valence-electron chi connectivity index (χ4n) is 3.81. The lowest BCUT2D eigenvalue weighted by molar-refractivity contribution is -0.140. The minimum Gasteiger partial charge on any atom is -0.469 e. The van der Waals surface area contributed by atoms with E-state index in [1.54, 1.807) is 0 Å². The van der Waals surface area contributed by atoms with Crippen molar-refractivity contribution < 1.29 is 9.53 Å². The molecule has 26 heavy (non-hydrogen) atoms. The van der Waals surface area contributed by atoms with E-state index in [-0.39, 0.29) is 11.9 Å². The highest BCUT2D eigenvalue weighted by molar-refractivity contribution is 5.71. The number of hydrogen-bond donors (Lipinski definition) is 1. The van der Waals surface area contributed by atoms with Gasteiger partial charge in [0.1, 0.15) is 0 Å². The molecule has 1 aromatic rings. The van der Waals surface area contributed by atoms with Crippen molar-refractivity contribution in [2.75, 3.05) is 24.3 Å². The second-order valence-electron chi connectivity index (χ2n) is 8.32. The maximum atomic E-state index is 11.5. The van der Waals surface area contributed by atoms with Crippen LogP contribution < -0.4 is 10.6 Å². The van der Waals surface area contributed by atoms with Crippen LogP contribution in [0.1, 0.15) is 71.3 Å². The van der Waals surface area contributed by atoms with E-state index in [9.17, 15) is 4.79 Å². The Morgan fingerprint density at radius 2 is 1.96 bits per heavy atom. The predicted molar refractivity (Wildman–Crippen MR) is 107 cm³/mol. The highest BCUT2D eigenvalue weighted by Gasteiger charge is 2.27. The molecule has 1 aliphatic rings.